The lowest BCUT2D eigenvalue weighted by Crippen LogP contribution is -2.57. The molecule has 4 saturated heterocycles. The molecular weight excluding hydrogens is 423 g/mol. The summed E-state index contributed by atoms with van der Waals surface area (Å²) in [5, 5.41) is 7.43. The Morgan fingerprint density at radius 2 is 1.85 bits per heavy atom. The third-order valence-electron chi connectivity index (χ3n) is 8.98. The number of nitrogens with zero attached hydrogens (tertiary/aromatic N) is 2. The zero-order valence-corrected chi connectivity index (χ0v) is 19.9. The van der Waals surface area contributed by atoms with Crippen molar-refractivity contribution in [2.24, 2.45) is 23.5 Å². The number of alkyl halides is 1. The van der Waals surface area contributed by atoms with Crippen molar-refractivity contribution in [3.63, 3.8) is 0 Å². The molecular formula is C24H43FN6O2. The van der Waals surface area contributed by atoms with E-state index in [9.17, 15) is 9.18 Å². The molecule has 0 bridgehead atoms. The highest BCUT2D eigenvalue weighted by Gasteiger charge is 2.42. The standard InChI is InChI=1S/C24H43FN6O2/c25-19-5-2-1-4-18(19)15-31-11-3-6-20(31)24-28-23(29-33-24)17-7-10-27-21(14-17)30-12-8-16(9-13-30)22(26)32/h16-21,23-24,27-29H,1-15H2,(H2,26,32)/t17?,18?,19?,20-,21?,23?,24?/m0/s1. The quantitative estimate of drug-likeness (QED) is 0.468. The Bertz CT molecular complexity index is 663. The molecule has 0 aromatic rings. The molecule has 5 fully saturated rings. The van der Waals surface area contributed by atoms with Crippen molar-refractivity contribution >= 4 is 5.91 Å². The van der Waals surface area contributed by atoms with Gasteiger partial charge in [-0.05, 0) is 70.4 Å². The van der Waals surface area contributed by atoms with Crippen molar-refractivity contribution in [2.75, 3.05) is 32.7 Å². The number of piperidine rings is 2. The number of halogens is 1. The number of hydroxylamine groups is 1. The zero-order valence-electron chi connectivity index (χ0n) is 19.9. The number of rotatable bonds is 6. The largest absolute Gasteiger partial charge is 0.369 e. The van der Waals surface area contributed by atoms with Crippen molar-refractivity contribution in [3.05, 3.63) is 0 Å². The molecule has 0 radical (unpaired) electrons. The number of likely N-dealkylation sites (tertiary alicyclic amines) is 2. The molecule has 9 heteroatoms. The highest BCUT2D eigenvalue weighted by Crippen LogP contribution is 2.32. The van der Waals surface area contributed by atoms with Gasteiger partial charge in [-0.2, -0.15) is 5.48 Å². The van der Waals surface area contributed by atoms with Crippen LogP contribution in [0.25, 0.3) is 0 Å². The number of carbonyl (C=O) groups excluding carboxylic acids is 1. The van der Waals surface area contributed by atoms with Gasteiger partial charge in [0.15, 0.2) is 0 Å². The first-order valence-corrected chi connectivity index (χ1v) is 13.4. The van der Waals surface area contributed by atoms with Crippen LogP contribution in [0, 0.1) is 17.8 Å². The Morgan fingerprint density at radius 1 is 1.03 bits per heavy atom. The van der Waals surface area contributed by atoms with Crippen molar-refractivity contribution in [2.45, 2.75) is 95.0 Å². The van der Waals surface area contributed by atoms with Crippen LogP contribution in [0.4, 0.5) is 4.39 Å². The number of hydrogen-bond acceptors (Lipinski definition) is 7. The van der Waals surface area contributed by atoms with E-state index in [2.05, 4.69) is 25.9 Å². The van der Waals surface area contributed by atoms with Gasteiger partial charge in [-0.25, -0.2) is 4.39 Å². The van der Waals surface area contributed by atoms with Gasteiger partial charge in [-0.3, -0.25) is 24.7 Å². The second-order valence-corrected chi connectivity index (χ2v) is 11.0. The summed E-state index contributed by atoms with van der Waals surface area (Å²) < 4.78 is 14.4. The van der Waals surface area contributed by atoms with Gasteiger partial charge in [0.05, 0.1) is 18.4 Å². The molecule has 5 aliphatic rings. The minimum absolute atomic E-state index is 0.0289. The first-order chi connectivity index (χ1) is 16.1. The van der Waals surface area contributed by atoms with Gasteiger partial charge < -0.3 is 11.1 Å². The van der Waals surface area contributed by atoms with Crippen LogP contribution < -0.4 is 21.8 Å². The molecule has 1 aliphatic carbocycles. The Labute approximate surface area is 197 Å². The summed E-state index contributed by atoms with van der Waals surface area (Å²) in [5.74, 6) is 0.550. The molecule has 0 aromatic carbocycles. The van der Waals surface area contributed by atoms with E-state index in [0.29, 0.717) is 18.1 Å². The SMILES string of the molecule is NC(=O)C1CCN(C2CC(C3NOC([C@@H]4CCCN4CC4CCCCC4F)N3)CCN2)CC1. The summed E-state index contributed by atoms with van der Waals surface area (Å²) in [6, 6.07) is 0.321. The second kappa shape index (κ2) is 10.8. The molecule has 0 aromatic heterocycles. The number of hydrogen-bond donors (Lipinski definition) is 4. The number of amides is 1. The first kappa shape index (κ1) is 23.9. The fourth-order valence-electron chi connectivity index (χ4n) is 6.90. The summed E-state index contributed by atoms with van der Waals surface area (Å²) in [7, 11) is 0. The predicted octanol–water partition coefficient (Wildman–Crippen LogP) is 1.28. The first-order valence-electron chi connectivity index (χ1n) is 13.4. The van der Waals surface area contributed by atoms with E-state index in [0.717, 1.165) is 90.5 Å². The Hall–Kier alpha value is -0.840. The van der Waals surface area contributed by atoms with Crippen molar-refractivity contribution < 1.29 is 14.0 Å². The summed E-state index contributed by atoms with van der Waals surface area (Å²) in [6.45, 7) is 4.77. The minimum atomic E-state index is -0.636. The zero-order chi connectivity index (χ0) is 22.8. The van der Waals surface area contributed by atoms with E-state index in [1.54, 1.807) is 0 Å². The maximum Gasteiger partial charge on any atom is 0.220 e. The van der Waals surface area contributed by atoms with Gasteiger partial charge in [-0.15, -0.1) is 0 Å². The molecule has 1 saturated carbocycles. The van der Waals surface area contributed by atoms with Crippen LogP contribution in [0.5, 0.6) is 0 Å². The van der Waals surface area contributed by atoms with E-state index in [4.69, 9.17) is 10.6 Å². The monoisotopic (exact) mass is 466 g/mol. The molecule has 1 amide bonds. The number of primary amides is 1. The average Bonchev–Trinajstić information content (AvgIpc) is 3.50. The van der Waals surface area contributed by atoms with Gasteiger partial charge in [0.2, 0.25) is 5.91 Å². The normalized spacial score (nSPS) is 42.0. The lowest BCUT2D eigenvalue weighted by atomic mass is 9.87. The van der Waals surface area contributed by atoms with E-state index >= 15 is 0 Å². The van der Waals surface area contributed by atoms with E-state index in [-0.39, 0.29) is 30.1 Å². The van der Waals surface area contributed by atoms with Gasteiger partial charge in [0.1, 0.15) is 12.4 Å². The van der Waals surface area contributed by atoms with Gasteiger partial charge >= 0.3 is 0 Å². The lowest BCUT2D eigenvalue weighted by molar-refractivity contribution is -0.123. The molecule has 4 heterocycles. The maximum atomic E-state index is 14.4. The van der Waals surface area contributed by atoms with Crippen molar-refractivity contribution in [1.82, 2.24) is 25.9 Å². The summed E-state index contributed by atoms with van der Waals surface area (Å²) >= 11 is 0. The van der Waals surface area contributed by atoms with Crippen LogP contribution in [0.15, 0.2) is 0 Å². The van der Waals surface area contributed by atoms with E-state index in [1.165, 1.54) is 6.42 Å². The summed E-state index contributed by atoms with van der Waals surface area (Å²) in [5.41, 5.74) is 8.82. The van der Waals surface area contributed by atoms with Crippen molar-refractivity contribution in [1.29, 1.82) is 0 Å². The van der Waals surface area contributed by atoms with Crippen LogP contribution in [0.2, 0.25) is 0 Å². The second-order valence-electron chi connectivity index (χ2n) is 11.0. The predicted molar refractivity (Wildman–Crippen MR) is 124 cm³/mol. The third kappa shape index (κ3) is 5.54. The van der Waals surface area contributed by atoms with Gasteiger partial charge in [-0.1, -0.05) is 12.8 Å². The van der Waals surface area contributed by atoms with Gasteiger partial charge in [0.25, 0.3) is 0 Å². The molecule has 4 aliphatic heterocycles. The number of carbonyl (C=O) groups is 1. The highest BCUT2D eigenvalue weighted by atomic mass is 19.1. The minimum Gasteiger partial charge on any atom is -0.369 e. The molecule has 7 atom stereocenters. The number of nitrogens with one attached hydrogen (secondary N) is 3. The van der Waals surface area contributed by atoms with E-state index in [1.807, 2.05) is 0 Å². The van der Waals surface area contributed by atoms with Gasteiger partial charge in [0, 0.05) is 31.5 Å². The number of nitrogens with two attached hydrogens (primary N) is 1. The fraction of sp³-hybridized carbons (Fsp3) is 0.958. The van der Waals surface area contributed by atoms with Crippen LogP contribution in [-0.2, 0) is 9.63 Å². The van der Waals surface area contributed by atoms with Crippen LogP contribution in [0.1, 0.15) is 64.2 Å². The summed E-state index contributed by atoms with van der Waals surface area (Å²) in [4.78, 5) is 22.5. The Kier molecular flexibility index (Phi) is 7.84. The topological polar surface area (TPSA) is 94.9 Å². The molecule has 5 N–H and O–H groups in total. The fourth-order valence-corrected chi connectivity index (χ4v) is 6.90. The van der Waals surface area contributed by atoms with Crippen LogP contribution >= 0.6 is 0 Å². The molecule has 188 valence electrons. The average molecular weight is 467 g/mol. The molecule has 5 rings (SSSR count). The Morgan fingerprint density at radius 3 is 2.64 bits per heavy atom. The smallest absolute Gasteiger partial charge is 0.220 e. The molecule has 8 nitrogen and oxygen atoms in total. The molecule has 6 unspecified atom stereocenters. The van der Waals surface area contributed by atoms with Crippen LogP contribution in [0.3, 0.4) is 0 Å². The Balaban J connectivity index is 1.12. The third-order valence-corrected chi connectivity index (χ3v) is 8.98. The lowest BCUT2D eigenvalue weighted by Gasteiger charge is -2.42. The molecule has 0 spiro atoms. The van der Waals surface area contributed by atoms with Crippen molar-refractivity contribution in [3.8, 4) is 0 Å². The molecule has 33 heavy (non-hydrogen) atoms. The van der Waals surface area contributed by atoms with Crippen LogP contribution in [-0.4, -0.2) is 79.2 Å². The highest BCUT2D eigenvalue weighted by molar-refractivity contribution is 5.76. The van der Waals surface area contributed by atoms with E-state index < -0.39 is 6.17 Å². The summed E-state index contributed by atoms with van der Waals surface area (Å²) in [6.07, 6.45) is 9.96. The maximum absolute atomic E-state index is 14.4.